The van der Waals surface area contributed by atoms with Crippen LogP contribution in [-0.4, -0.2) is 19.0 Å². The first-order valence-corrected chi connectivity index (χ1v) is 5.61. The van der Waals surface area contributed by atoms with E-state index in [1.807, 2.05) is 25.1 Å². The van der Waals surface area contributed by atoms with Gasteiger partial charge in [-0.25, -0.2) is 0 Å². The first kappa shape index (κ1) is 11.0. The van der Waals surface area contributed by atoms with E-state index in [2.05, 4.69) is 0 Å². The van der Waals surface area contributed by atoms with Crippen molar-refractivity contribution in [3.05, 3.63) is 23.8 Å². The third kappa shape index (κ3) is 1.90. The lowest BCUT2D eigenvalue weighted by molar-refractivity contribution is -0.125. The number of rotatable bonds is 4. The molecule has 3 nitrogen and oxygen atoms in total. The molecule has 0 aliphatic carbocycles. The van der Waals surface area contributed by atoms with Crippen molar-refractivity contribution in [2.24, 2.45) is 0 Å². The van der Waals surface area contributed by atoms with Crippen LogP contribution in [0.25, 0.3) is 0 Å². The lowest BCUT2D eigenvalue weighted by Crippen LogP contribution is -2.24. The molecule has 1 aromatic rings. The predicted molar refractivity (Wildman–Crippen MR) is 61.0 cm³/mol. The molecule has 1 aromatic carbocycles. The number of ketones is 1. The SMILES string of the molecule is CCCC(=O)C1Cc2cccc(OC)c2O1. The van der Waals surface area contributed by atoms with E-state index in [9.17, 15) is 4.79 Å². The van der Waals surface area contributed by atoms with Crippen molar-refractivity contribution in [3.63, 3.8) is 0 Å². The fourth-order valence-corrected chi connectivity index (χ4v) is 1.99. The second-order valence-corrected chi connectivity index (χ2v) is 3.98. The highest BCUT2D eigenvalue weighted by Crippen LogP contribution is 2.37. The van der Waals surface area contributed by atoms with E-state index in [0.29, 0.717) is 18.6 Å². The third-order valence-electron chi connectivity index (χ3n) is 2.80. The molecular weight excluding hydrogens is 204 g/mol. The number of para-hydroxylation sites is 1. The summed E-state index contributed by atoms with van der Waals surface area (Å²) in [6, 6.07) is 5.76. The highest BCUT2D eigenvalue weighted by molar-refractivity contribution is 5.84. The van der Waals surface area contributed by atoms with Gasteiger partial charge < -0.3 is 9.47 Å². The maximum Gasteiger partial charge on any atom is 0.173 e. The molecule has 1 heterocycles. The average Bonchev–Trinajstić information content (AvgIpc) is 2.72. The Balaban J connectivity index is 2.17. The molecule has 1 unspecified atom stereocenters. The second kappa shape index (κ2) is 4.56. The smallest absolute Gasteiger partial charge is 0.173 e. The Kier molecular flexibility index (Phi) is 3.13. The molecule has 0 radical (unpaired) electrons. The normalized spacial score (nSPS) is 17.8. The maximum absolute atomic E-state index is 11.7. The Morgan fingerprint density at radius 3 is 3.06 bits per heavy atom. The summed E-state index contributed by atoms with van der Waals surface area (Å²) < 4.78 is 10.9. The summed E-state index contributed by atoms with van der Waals surface area (Å²) in [6.45, 7) is 2.00. The van der Waals surface area contributed by atoms with Gasteiger partial charge in [0.25, 0.3) is 0 Å². The Morgan fingerprint density at radius 2 is 2.38 bits per heavy atom. The van der Waals surface area contributed by atoms with E-state index in [-0.39, 0.29) is 11.9 Å². The highest BCUT2D eigenvalue weighted by Gasteiger charge is 2.30. The van der Waals surface area contributed by atoms with Crippen LogP contribution in [0.2, 0.25) is 0 Å². The van der Waals surface area contributed by atoms with Crippen molar-refractivity contribution in [1.82, 2.24) is 0 Å². The summed E-state index contributed by atoms with van der Waals surface area (Å²) in [5, 5.41) is 0. The minimum Gasteiger partial charge on any atom is -0.493 e. The summed E-state index contributed by atoms with van der Waals surface area (Å²) >= 11 is 0. The third-order valence-corrected chi connectivity index (χ3v) is 2.80. The van der Waals surface area contributed by atoms with Gasteiger partial charge in [0.15, 0.2) is 23.4 Å². The van der Waals surface area contributed by atoms with Crippen LogP contribution in [0.1, 0.15) is 25.3 Å². The zero-order valence-electron chi connectivity index (χ0n) is 9.66. The Morgan fingerprint density at radius 1 is 1.56 bits per heavy atom. The van der Waals surface area contributed by atoms with E-state index < -0.39 is 0 Å². The van der Waals surface area contributed by atoms with E-state index >= 15 is 0 Å². The van der Waals surface area contributed by atoms with Gasteiger partial charge in [-0.05, 0) is 12.5 Å². The standard InChI is InChI=1S/C13H16O3/c1-3-5-10(14)12-8-9-6-4-7-11(15-2)13(9)16-12/h4,6-7,12H,3,5,8H2,1-2H3. The molecule has 0 amide bonds. The summed E-state index contributed by atoms with van der Waals surface area (Å²) in [5.74, 6) is 1.63. The molecule has 0 aromatic heterocycles. The number of hydrogen-bond donors (Lipinski definition) is 0. The average molecular weight is 220 g/mol. The first-order valence-electron chi connectivity index (χ1n) is 5.61. The zero-order valence-corrected chi connectivity index (χ0v) is 9.66. The fourth-order valence-electron chi connectivity index (χ4n) is 1.99. The molecule has 1 atom stereocenters. The van der Waals surface area contributed by atoms with Gasteiger partial charge in [-0.2, -0.15) is 0 Å². The molecule has 1 aliphatic rings. The van der Waals surface area contributed by atoms with Gasteiger partial charge >= 0.3 is 0 Å². The monoisotopic (exact) mass is 220 g/mol. The fraction of sp³-hybridized carbons (Fsp3) is 0.462. The Bertz CT molecular complexity index is 398. The van der Waals surface area contributed by atoms with Crippen molar-refractivity contribution < 1.29 is 14.3 Å². The van der Waals surface area contributed by atoms with Crippen LogP contribution in [0.3, 0.4) is 0 Å². The molecule has 0 N–H and O–H groups in total. The van der Waals surface area contributed by atoms with Crippen LogP contribution in [-0.2, 0) is 11.2 Å². The van der Waals surface area contributed by atoms with Gasteiger partial charge in [0.05, 0.1) is 7.11 Å². The highest BCUT2D eigenvalue weighted by atomic mass is 16.5. The number of fused-ring (bicyclic) bond motifs is 1. The van der Waals surface area contributed by atoms with Gasteiger partial charge in [0.1, 0.15) is 0 Å². The minimum absolute atomic E-state index is 0.181. The van der Waals surface area contributed by atoms with E-state index in [0.717, 1.165) is 17.7 Å². The van der Waals surface area contributed by atoms with Gasteiger partial charge in [-0.3, -0.25) is 4.79 Å². The van der Waals surface area contributed by atoms with Crippen LogP contribution in [0, 0.1) is 0 Å². The Hall–Kier alpha value is -1.51. The number of hydrogen-bond acceptors (Lipinski definition) is 3. The molecule has 86 valence electrons. The summed E-state index contributed by atoms with van der Waals surface area (Å²) in [6.07, 6.45) is 1.81. The second-order valence-electron chi connectivity index (χ2n) is 3.98. The number of ether oxygens (including phenoxy) is 2. The number of carbonyl (C=O) groups is 1. The molecule has 0 saturated heterocycles. The van der Waals surface area contributed by atoms with Crippen molar-refractivity contribution >= 4 is 5.78 Å². The number of Topliss-reactive ketones (excluding diaryl/α,β-unsaturated/α-hetero) is 1. The van der Waals surface area contributed by atoms with Gasteiger partial charge in [-0.15, -0.1) is 0 Å². The van der Waals surface area contributed by atoms with Gasteiger partial charge in [0.2, 0.25) is 0 Å². The van der Waals surface area contributed by atoms with Crippen molar-refractivity contribution in [3.8, 4) is 11.5 Å². The lowest BCUT2D eigenvalue weighted by Gasteiger charge is -2.10. The molecule has 0 saturated carbocycles. The van der Waals surface area contributed by atoms with Crippen LogP contribution in [0.4, 0.5) is 0 Å². The van der Waals surface area contributed by atoms with Crippen LogP contribution in [0.15, 0.2) is 18.2 Å². The molecule has 0 spiro atoms. The molecule has 0 bridgehead atoms. The lowest BCUT2D eigenvalue weighted by atomic mass is 10.0. The van der Waals surface area contributed by atoms with E-state index in [1.54, 1.807) is 7.11 Å². The van der Waals surface area contributed by atoms with E-state index in [1.165, 1.54) is 0 Å². The van der Waals surface area contributed by atoms with Crippen molar-refractivity contribution in [1.29, 1.82) is 0 Å². The van der Waals surface area contributed by atoms with E-state index in [4.69, 9.17) is 9.47 Å². The predicted octanol–water partition coefficient (Wildman–Crippen LogP) is 2.37. The number of carbonyl (C=O) groups excluding carboxylic acids is 1. The topological polar surface area (TPSA) is 35.5 Å². The Labute approximate surface area is 95.4 Å². The van der Waals surface area contributed by atoms with Crippen LogP contribution >= 0.6 is 0 Å². The summed E-state index contributed by atoms with van der Waals surface area (Å²) in [7, 11) is 1.61. The zero-order chi connectivity index (χ0) is 11.5. The summed E-state index contributed by atoms with van der Waals surface area (Å²) in [4.78, 5) is 11.7. The van der Waals surface area contributed by atoms with Crippen LogP contribution < -0.4 is 9.47 Å². The summed E-state index contributed by atoms with van der Waals surface area (Å²) in [5.41, 5.74) is 1.06. The molecule has 0 fully saturated rings. The van der Waals surface area contributed by atoms with Crippen molar-refractivity contribution in [2.75, 3.05) is 7.11 Å². The number of benzene rings is 1. The molecule has 2 rings (SSSR count). The number of methoxy groups -OCH3 is 1. The van der Waals surface area contributed by atoms with Gasteiger partial charge in [-0.1, -0.05) is 19.1 Å². The molecule has 3 heteroatoms. The maximum atomic E-state index is 11.7. The molecule has 1 aliphatic heterocycles. The molecule has 16 heavy (non-hydrogen) atoms. The minimum atomic E-state index is -0.314. The van der Waals surface area contributed by atoms with Crippen molar-refractivity contribution in [2.45, 2.75) is 32.3 Å². The van der Waals surface area contributed by atoms with Gasteiger partial charge in [0, 0.05) is 18.4 Å². The quantitative estimate of drug-likeness (QED) is 0.781. The van der Waals surface area contributed by atoms with Crippen LogP contribution in [0.5, 0.6) is 11.5 Å². The first-order chi connectivity index (χ1) is 7.76. The molecular formula is C13H16O3. The largest absolute Gasteiger partial charge is 0.493 e.